The Labute approximate surface area is 157 Å². The molecule has 0 unspecified atom stereocenters. The predicted molar refractivity (Wildman–Crippen MR) is 104 cm³/mol. The maximum Gasteiger partial charge on any atom is 0.260 e. The van der Waals surface area contributed by atoms with Crippen molar-refractivity contribution in [2.24, 2.45) is 0 Å². The molecule has 0 fully saturated rings. The number of rotatable bonds is 7. The van der Waals surface area contributed by atoms with E-state index in [1.54, 1.807) is 48.7 Å². The Balaban J connectivity index is 1.54. The molecule has 5 nitrogen and oxygen atoms in total. The number of halogens is 1. The Kier molecular flexibility index (Phi) is 5.99. The maximum atomic E-state index is 12.9. The second-order valence-corrected chi connectivity index (χ2v) is 5.89. The fraction of sp³-hybridized carbons (Fsp3) is 0.143. The lowest BCUT2D eigenvalue weighted by Crippen LogP contribution is -2.14. The molecular weight excluding hydrogens is 345 g/mol. The first kappa shape index (κ1) is 18.4. The van der Waals surface area contributed by atoms with Gasteiger partial charge in [-0.25, -0.2) is 9.37 Å². The smallest absolute Gasteiger partial charge is 0.260 e. The van der Waals surface area contributed by atoms with Crippen molar-refractivity contribution in [3.8, 4) is 5.75 Å². The van der Waals surface area contributed by atoms with Crippen LogP contribution >= 0.6 is 0 Å². The first-order valence-electron chi connectivity index (χ1n) is 8.54. The number of para-hydroxylation sites is 1. The van der Waals surface area contributed by atoms with Gasteiger partial charge >= 0.3 is 0 Å². The molecule has 0 saturated heterocycles. The van der Waals surface area contributed by atoms with Crippen molar-refractivity contribution in [1.29, 1.82) is 0 Å². The van der Waals surface area contributed by atoms with Crippen LogP contribution in [-0.4, -0.2) is 24.5 Å². The Bertz CT molecular complexity index is 896. The minimum absolute atomic E-state index is 0.235. The zero-order valence-corrected chi connectivity index (χ0v) is 14.9. The van der Waals surface area contributed by atoms with Crippen LogP contribution in [0.2, 0.25) is 0 Å². The summed E-state index contributed by atoms with van der Waals surface area (Å²) >= 11 is 0. The van der Waals surface area contributed by atoms with Gasteiger partial charge < -0.3 is 15.4 Å². The number of ether oxygens (including phenoxy) is 1. The van der Waals surface area contributed by atoms with Crippen LogP contribution in [-0.2, 0) is 6.42 Å². The zero-order chi connectivity index (χ0) is 19.1. The third-order valence-electron chi connectivity index (χ3n) is 4.01. The third-order valence-corrected chi connectivity index (χ3v) is 4.01. The van der Waals surface area contributed by atoms with Gasteiger partial charge in [-0.2, -0.15) is 0 Å². The molecule has 1 amide bonds. The number of methoxy groups -OCH3 is 1. The molecule has 3 rings (SSSR count). The summed E-state index contributed by atoms with van der Waals surface area (Å²) in [5.74, 6) is 0.447. The second-order valence-electron chi connectivity index (χ2n) is 5.89. The fourth-order valence-electron chi connectivity index (χ4n) is 2.59. The lowest BCUT2D eigenvalue weighted by atomic mass is 10.1. The van der Waals surface area contributed by atoms with E-state index < -0.39 is 0 Å². The van der Waals surface area contributed by atoms with E-state index in [1.807, 2.05) is 6.07 Å². The molecule has 0 aliphatic rings. The minimum Gasteiger partial charge on any atom is -0.496 e. The van der Waals surface area contributed by atoms with Gasteiger partial charge in [-0.15, -0.1) is 0 Å². The number of anilines is 2. The van der Waals surface area contributed by atoms with Crippen molar-refractivity contribution in [3.63, 3.8) is 0 Å². The topological polar surface area (TPSA) is 63.2 Å². The van der Waals surface area contributed by atoms with Crippen molar-refractivity contribution in [3.05, 3.63) is 83.8 Å². The van der Waals surface area contributed by atoms with E-state index in [2.05, 4.69) is 15.6 Å². The van der Waals surface area contributed by atoms with Crippen molar-refractivity contribution >= 4 is 17.4 Å². The average molecular weight is 365 g/mol. The zero-order valence-electron chi connectivity index (χ0n) is 14.9. The average Bonchev–Trinajstić information content (AvgIpc) is 2.70. The highest BCUT2D eigenvalue weighted by atomic mass is 19.1. The molecule has 0 aliphatic heterocycles. The molecular formula is C21H20FN3O2. The molecule has 138 valence electrons. The Hall–Kier alpha value is -3.41. The summed E-state index contributed by atoms with van der Waals surface area (Å²) in [5.41, 5.74) is 2.34. The molecule has 0 saturated carbocycles. The van der Waals surface area contributed by atoms with Crippen LogP contribution in [0.15, 0.2) is 66.9 Å². The van der Waals surface area contributed by atoms with Crippen LogP contribution in [0.4, 0.5) is 15.9 Å². The fourth-order valence-corrected chi connectivity index (χ4v) is 2.59. The summed E-state index contributed by atoms with van der Waals surface area (Å²) in [6, 6.07) is 17.0. The van der Waals surface area contributed by atoms with Gasteiger partial charge in [0.15, 0.2) is 0 Å². The van der Waals surface area contributed by atoms with Gasteiger partial charge in [0.2, 0.25) is 0 Å². The number of hydrogen-bond donors (Lipinski definition) is 2. The van der Waals surface area contributed by atoms with Crippen LogP contribution in [0.1, 0.15) is 15.9 Å². The van der Waals surface area contributed by atoms with Crippen LogP contribution in [0.5, 0.6) is 5.75 Å². The minimum atomic E-state index is -0.281. The summed E-state index contributed by atoms with van der Waals surface area (Å²) in [5, 5.41) is 6.00. The van der Waals surface area contributed by atoms with Crippen LogP contribution in [0.3, 0.4) is 0 Å². The molecule has 0 radical (unpaired) electrons. The van der Waals surface area contributed by atoms with E-state index in [-0.39, 0.29) is 11.7 Å². The molecule has 2 aromatic carbocycles. The summed E-state index contributed by atoms with van der Waals surface area (Å²) in [6.07, 6.45) is 2.43. The van der Waals surface area contributed by atoms with Gasteiger partial charge in [0, 0.05) is 6.54 Å². The van der Waals surface area contributed by atoms with Gasteiger partial charge in [-0.1, -0.05) is 24.3 Å². The van der Waals surface area contributed by atoms with Crippen LogP contribution in [0, 0.1) is 5.82 Å². The van der Waals surface area contributed by atoms with E-state index in [4.69, 9.17) is 4.74 Å². The van der Waals surface area contributed by atoms with Crippen molar-refractivity contribution in [1.82, 2.24) is 4.98 Å². The van der Waals surface area contributed by atoms with Crippen LogP contribution < -0.4 is 15.4 Å². The predicted octanol–water partition coefficient (Wildman–Crippen LogP) is 4.14. The Morgan fingerprint density at radius 1 is 1.07 bits per heavy atom. The van der Waals surface area contributed by atoms with E-state index in [1.165, 1.54) is 19.2 Å². The summed E-state index contributed by atoms with van der Waals surface area (Å²) in [6.45, 7) is 0.695. The van der Waals surface area contributed by atoms with Gasteiger partial charge in [0.05, 0.1) is 24.6 Å². The number of nitrogens with one attached hydrogen (secondary N) is 2. The molecule has 1 aromatic heterocycles. The Morgan fingerprint density at radius 3 is 2.56 bits per heavy atom. The molecule has 6 heteroatoms. The molecule has 0 bridgehead atoms. The van der Waals surface area contributed by atoms with Crippen molar-refractivity contribution in [2.75, 3.05) is 24.3 Å². The van der Waals surface area contributed by atoms with E-state index in [0.29, 0.717) is 23.7 Å². The SMILES string of the molecule is COc1ccccc1C(=O)Nc1ccc(NCCc2ccc(F)cc2)cn1. The van der Waals surface area contributed by atoms with Gasteiger partial charge in [0.1, 0.15) is 17.4 Å². The number of aromatic nitrogens is 1. The second kappa shape index (κ2) is 8.80. The Morgan fingerprint density at radius 2 is 1.85 bits per heavy atom. The first-order chi connectivity index (χ1) is 13.2. The van der Waals surface area contributed by atoms with Crippen LogP contribution in [0.25, 0.3) is 0 Å². The molecule has 27 heavy (non-hydrogen) atoms. The largest absolute Gasteiger partial charge is 0.496 e. The van der Waals surface area contributed by atoms with E-state index >= 15 is 0 Å². The molecule has 0 atom stereocenters. The first-order valence-corrected chi connectivity index (χ1v) is 8.54. The van der Waals surface area contributed by atoms with Crippen molar-refractivity contribution in [2.45, 2.75) is 6.42 Å². The summed E-state index contributed by atoms with van der Waals surface area (Å²) < 4.78 is 18.1. The van der Waals surface area contributed by atoms with Gasteiger partial charge in [0.25, 0.3) is 5.91 Å². The summed E-state index contributed by atoms with van der Waals surface area (Å²) in [7, 11) is 1.52. The van der Waals surface area contributed by atoms with Crippen molar-refractivity contribution < 1.29 is 13.9 Å². The normalized spacial score (nSPS) is 10.3. The molecule has 2 N–H and O–H groups in total. The quantitative estimate of drug-likeness (QED) is 0.661. The van der Waals surface area contributed by atoms with E-state index in [0.717, 1.165) is 17.7 Å². The number of carbonyl (C=O) groups excluding carboxylic acids is 1. The molecule has 0 spiro atoms. The van der Waals surface area contributed by atoms with Gasteiger partial charge in [-0.05, 0) is 48.4 Å². The van der Waals surface area contributed by atoms with Gasteiger partial charge in [-0.3, -0.25) is 4.79 Å². The number of nitrogens with zero attached hydrogens (tertiary/aromatic N) is 1. The van der Waals surface area contributed by atoms with E-state index in [9.17, 15) is 9.18 Å². The third kappa shape index (κ3) is 5.04. The number of pyridine rings is 1. The lowest BCUT2D eigenvalue weighted by Gasteiger charge is -2.10. The standard InChI is InChI=1S/C21H20FN3O2/c1-27-19-5-3-2-4-18(19)21(26)25-20-11-10-17(14-24-20)23-13-12-15-6-8-16(22)9-7-15/h2-11,14,23H,12-13H2,1H3,(H,24,25,26). The number of hydrogen-bond acceptors (Lipinski definition) is 4. The molecule has 1 heterocycles. The highest BCUT2D eigenvalue weighted by Gasteiger charge is 2.12. The molecule has 3 aromatic rings. The number of amides is 1. The highest BCUT2D eigenvalue weighted by molar-refractivity contribution is 6.05. The summed E-state index contributed by atoms with van der Waals surface area (Å²) in [4.78, 5) is 16.6. The molecule has 0 aliphatic carbocycles. The maximum absolute atomic E-state index is 12.9. The monoisotopic (exact) mass is 365 g/mol. The lowest BCUT2D eigenvalue weighted by molar-refractivity contribution is 0.102. The number of benzene rings is 2. The highest BCUT2D eigenvalue weighted by Crippen LogP contribution is 2.19. The number of carbonyl (C=O) groups is 1.